The summed E-state index contributed by atoms with van der Waals surface area (Å²) in [5.74, 6) is 0. The van der Waals surface area contributed by atoms with Gasteiger partial charge in [0.05, 0.1) is 11.2 Å². The van der Waals surface area contributed by atoms with Crippen LogP contribution in [0, 0.1) is 13.8 Å². The SMILES string of the molecule is Cc1cccc(-c2nn(-c3ccccc3)c3ccc(C)cc23)c1. The van der Waals surface area contributed by atoms with Gasteiger partial charge in [0.2, 0.25) is 0 Å². The van der Waals surface area contributed by atoms with Crippen LogP contribution < -0.4 is 0 Å². The summed E-state index contributed by atoms with van der Waals surface area (Å²) in [5.41, 5.74) is 6.92. The Morgan fingerprint density at radius 1 is 0.739 bits per heavy atom. The number of hydrogen-bond acceptors (Lipinski definition) is 1. The Labute approximate surface area is 136 Å². The van der Waals surface area contributed by atoms with Gasteiger partial charge in [-0.05, 0) is 44.2 Å². The summed E-state index contributed by atoms with van der Waals surface area (Å²) in [6.45, 7) is 4.24. The molecule has 0 N–H and O–H groups in total. The molecule has 0 aliphatic rings. The molecule has 112 valence electrons. The van der Waals surface area contributed by atoms with E-state index in [0.717, 1.165) is 22.5 Å². The molecule has 0 spiro atoms. The summed E-state index contributed by atoms with van der Waals surface area (Å²) in [4.78, 5) is 0. The maximum Gasteiger partial charge on any atom is 0.101 e. The van der Waals surface area contributed by atoms with Crippen molar-refractivity contribution >= 4 is 10.9 Å². The lowest BCUT2D eigenvalue weighted by Crippen LogP contribution is -1.95. The fraction of sp³-hybridized carbons (Fsp3) is 0.0952. The highest BCUT2D eigenvalue weighted by Crippen LogP contribution is 2.30. The minimum Gasteiger partial charge on any atom is -0.232 e. The van der Waals surface area contributed by atoms with Crippen LogP contribution in [0.15, 0.2) is 72.8 Å². The van der Waals surface area contributed by atoms with Gasteiger partial charge in [0.1, 0.15) is 5.69 Å². The smallest absolute Gasteiger partial charge is 0.101 e. The van der Waals surface area contributed by atoms with Crippen molar-refractivity contribution in [1.82, 2.24) is 9.78 Å². The molecule has 1 aromatic heterocycles. The van der Waals surface area contributed by atoms with Crippen LogP contribution >= 0.6 is 0 Å². The molecule has 23 heavy (non-hydrogen) atoms. The highest BCUT2D eigenvalue weighted by atomic mass is 15.3. The molecule has 0 saturated carbocycles. The second-order valence-electron chi connectivity index (χ2n) is 5.99. The van der Waals surface area contributed by atoms with Gasteiger partial charge in [0.15, 0.2) is 0 Å². The molecule has 0 unspecified atom stereocenters. The molecular weight excluding hydrogens is 280 g/mol. The van der Waals surface area contributed by atoms with Gasteiger partial charge >= 0.3 is 0 Å². The summed E-state index contributed by atoms with van der Waals surface area (Å²) in [5, 5.41) is 6.12. The first kappa shape index (κ1) is 13.8. The van der Waals surface area contributed by atoms with Gasteiger partial charge in [-0.15, -0.1) is 0 Å². The standard InChI is InChI=1S/C21H18N2/c1-15-7-6-8-17(13-15)21-19-14-16(2)11-12-20(19)23(22-21)18-9-4-3-5-10-18/h3-14H,1-2H3. The van der Waals surface area contributed by atoms with Crippen LogP contribution in [0.2, 0.25) is 0 Å². The first-order valence-corrected chi connectivity index (χ1v) is 7.84. The van der Waals surface area contributed by atoms with E-state index in [1.165, 1.54) is 16.5 Å². The summed E-state index contributed by atoms with van der Waals surface area (Å²) < 4.78 is 2.03. The number of nitrogens with zero attached hydrogens (tertiary/aromatic N) is 2. The molecular formula is C21H18N2. The molecule has 1 heterocycles. The number of rotatable bonds is 2. The zero-order valence-electron chi connectivity index (χ0n) is 13.3. The zero-order valence-corrected chi connectivity index (χ0v) is 13.3. The fourth-order valence-corrected chi connectivity index (χ4v) is 3.00. The third-order valence-corrected chi connectivity index (χ3v) is 4.13. The molecule has 0 saturated heterocycles. The number of para-hydroxylation sites is 1. The van der Waals surface area contributed by atoms with E-state index < -0.39 is 0 Å². The monoisotopic (exact) mass is 298 g/mol. The van der Waals surface area contributed by atoms with Crippen LogP contribution in [0.5, 0.6) is 0 Å². The second kappa shape index (κ2) is 5.40. The molecule has 0 bridgehead atoms. The van der Waals surface area contributed by atoms with Gasteiger partial charge in [0.25, 0.3) is 0 Å². The molecule has 0 aliphatic heterocycles. The second-order valence-corrected chi connectivity index (χ2v) is 5.99. The molecule has 0 aliphatic carbocycles. The molecule has 0 radical (unpaired) electrons. The highest BCUT2D eigenvalue weighted by molar-refractivity contribution is 5.94. The maximum atomic E-state index is 4.93. The number of aromatic nitrogens is 2. The molecule has 2 nitrogen and oxygen atoms in total. The van der Waals surface area contributed by atoms with E-state index in [-0.39, 0.29) is 0 Å². The number of hydrogen-bond donors (Lipinski definition) is 0. The van der Waals surface area contributed by atoms with E-state index in [2.05, 4.69) is 68.4 Å². The minimum absolute atomic E-state index is 1.04. The quantitative estimate of drug-likeness (QED) is 0.490. The normalized spacial score (nSPS) is 11.0. The van der Waals surface area contributed by atoms with Crippen LogP contribution in [0.3, 0.4) is 0 Å². The molecule has 0 amide bonds. The van der Waals surface area contributed by atoms with Crippen LogP contribution in [-0.2, 0) is 0 Å². The molecule has 3 aromatic carbocycles. The first-order chi connectivity index (χ1) is 11.2. The Morgan fingerprint density at radius 3 is 2.30 bits per heavy atom. The van der Waals surface area contributed by atoms with Crippen molar-refractivity contribution in [3.05, 3.63) is 83.9 Å². The number of fused-ring (bicyclic) bond motifs is 1. The number of aryl methyl sites for hydroxylation is 2. The molecule has 0 atom stereocenters. The average Bonchev–Trinajstić information content (AvgIpc) is 2.94. The van der Waals surface area contributed by atoms with E-state index in [9.17, 15) is 0 Å². The van der Waals surface area contributed by atoms with Gasteiger partial charge in [-0.1, -0.05) is 53.6 Å². The maximum absolute atomic E-state index is 4.93. The van der Waals surface area contributed by atoms with E-state index in [1.807, 2.05) is 22.9 Å². The third kappa shape index (κ3) is 2.42. The van der Waals surface area contributed by atoms with Crippen LogP contribution in [0.1, 0.15) is 11.1 Å². The van der Waals surface area contributed by atoms with Crippen molar-refractivity contribution in [2.75, 3.05) is 0 Å². The fourth-order valence-electron chi connectivity index (χ4n) is 3.00. The summed E-state index contributed by atoms with van der Waals surface area (Å²) in [7, 11) is 0. The van der Waals surface area contributed by atoms with Crippen molar-refractivity contribution in [2.45, 2.75) is 13.8 Å². The Bertz CT molecular complexity index is 981. The van der Waals surface area contributed by atoms with Crippen LogP contribution in [0.25, 0.3) is 27.8 Å². The van der Waals surface area contributed by atoms with Crippen molar-refractivity contribution in [3.8, 4) is 16.9 Å². The molecule has 2 heteroatoms. The van der Waals surface area contributed by atoms with Gasteiger partial charge in [-0.2, -0.15) is 5.10 Å². The average molecular weight is 298 g/mol. The summed E-state index contributed by atoms with van der Waals surface area (Å²) >= 11 is 0. The van der Waals surface area contributed by atoms with Gasteiger partial charge in [-0.3, -0.25) is 0 Å². The Balaban J connectivity index is 2.03. The predicted octanol–water partition coefficient (Wildman–Crippen LogP) is 5.31. The Morgan fingerprint density at radius 2 is 1.52 bits per heavy atom. The summed E-state index contributed by atoms with van der Waals surface area (Å²) in [6, 6.07) is 25.4. The Kier molecular flexibility index (Phi) is 3.23. The molecule has 4 aromatic rings. The van der Waals surface area contributed by atoms with Gasteiger partial charge in [0, 0.05) is 10.9 Å². The van der Waals surface area contributed by atoms with Crippen molar-refractivity contribution < 1.29 is 0 Å². The van der Waals surface area contributed by atoms with Gasteiger partial charge < -0.3 is 0 Å². The van der Waals surface area contributed by atoms with E-state index in [1.54, 1.807) is 0 Å². The van der Waals surface area contributed by atoms with Crippen molar-refractivity contribution in [2.24, 2.45) is 0 Å². The van der Waals surface area contributed by atoms with Crippen molar-refractivity contribution in [1.29, 1.82) is 0 Å². The zero-order chi connectivity index (χ0) is 15.8. The topological polar surface area (TPSA) is 17.8 Å². The van der Waals surface area contributed by atoms with Crippen LogP contribution in [-0.4, -0.2) is 9.78 Å². The molecule has 0 fully saturated rings. The van der Waals surface area contributed by atoms with Crippen molar-refractivity contribution in [3.63, 3.8) is 0 Å². The molecule has 4 rings (SSSR count). The third-order valence-electron chi connectivity index (χ3n) is 4.13. The minimum atomic E-state index is 1.04. The van der Waals surface area contributed by atoms with Crippen LogP contribution in [0.4, 0.5) is 0 Å². The van der Waals surface area contributed by atoms with E-state index >= 15 is 0 Å². The lowest BCUT2D eigenvalue weighted by Gasteiger charge is -2.02. The largest absolute Gasteiger partial charge is 0.232 e. The summed E-state index contributed by atoms with van der Waals surface area (Å²) in [6.07, 6.45) is 0. The van der Waals surface area contributed by atoms with E-state index in [0.29, 0.717) is 0 Å². The Hall–Kier alpha value is -2.87. The van der Waals surface area contributed by atoms with E-state index in [4.69, 9.17) is 5.10 Å². The van der Waals surface area contributed by atoms with Gasteiger partial charge in [-0.25, -0.2) is 4.68 Å². The predicted molar refractivity (Wildman–Crippen MR) is 96.0 cm³/mol. The highest BCUT2D eigenvalue weighted by Gasteiger charge is 2.13. The first-order valence-electron chi connectivity index (χ1n) is 7.84. The lowest BCUT2D eigenvalue weighted by molar-refractivity contribution is 0.915. The number of benzene rings is 3. The lowest BCUT2D eigenvalue weighted by atomic mass is 10.0.